The van der Waals surface area contributed by atoms with Crippen molar-refractivity contribution in [3.05, 3.63) is 29.8 Å². The van der Waals surface area contributed by atoms with Crippen LogP contribution in [0.5, 0.6) is 0 Å². The highest BCUT2D eigenvalue weighted by molar-refractivity contribution is 5.78. The summed E-state index contributed by atoms with van der Waals surface area (Å²) in [5.74, 6) is 0.944. The maximum absolute atomic E-state index is 11.7. The molecular weight excluding hydrogens is 224 g/mol. The smallest absolute Gasteiger partial charge is 0.224 e. The van der Waals surface area contributed by atoms with Gasteiger partial charge in [0.15, 0.2) is 0 Å². The van der Waals surface area contributed by atoms with Crippen LogP contribution in [-0.2, 0) is 11.2 Å². The van der Waals surface area contributed by atoms with Crippen molar-refractivity contribution >= 4 is 11.6 Å². The molecule has 98 valence electrons. The summed E-state index contributed by atoms with van der Waals surface area (Å²) in [5, 5.41) is 3.00. The Morgan fingerprint density at radius 2 is 1.89 bits per heavy atom. The molecule has 3 N–H and O–H groups in total. The molecule has 1 amide bonds. The molecular formula is C15H22N2O. The molecule has 1 saturated carbocycles. The zero-order valence-electron chi connectivity index (χ0n) is 10.8. The molecule has 18 heavy (non-hydrogen) atoms. The quantitative estimate of drug-likeness (QED) is 0.784. The van der Waals surface area contributed by atoms with Crippen molar-refractivity contribution < 1.29 is 4.79 Å². The number of anilines is 1. The molecule has 0 heterocycles. The Balaban J connectivity index is 1.66. The Morgan fingerprint density at radius 3 is 2.56 bits per heavy atom. The molecule has 3 heteroatoms. The maximum atomic E-state index is 11.7. The minimum Gasteiger partial charge on any atom is -0.399 e. The minimum atomic E-state index is 0.109. The fraction of sp³-hybridized carbons (Fsp3) is 0.533. The lowest BCUT2D eigenvalue weighted by molar-refractivity contribution is -0.120. The molecule has 0 bridgehead atoms. The van der Waals surface area contributed by atoms with Crippen LogP contribution in [-0.4, -0.2) is 12.5 Å². The third kappa shape index (κ3) is 4.06. The third-order valence-electron chi connectivity index (χ3n) is 3.69. The molecule has 0 aliphatic heterocycles. The van der Waals surface area contributed by atoms with Gasteiger partial charge < -0.3 is 11.1 Å². The van der Waals surface area contributed by atoms with Crippen molar-refractivity contribution in [3.63, 3.8) is 0 Å². The van der Waals surface area contributed by atoms with E-state index in [9.17, 15) is 4.79 Å². The summed E-state index contributed by atoms with van der Waals surface area (Å²) in [6.07, 6.45) is 6.99. The standard InChI is InChI=1S/C15H22N2O/c16-14-7-5-13(6-8-14)11-15(18)17-10-9-12-3-1-2-4-12/h5-8,12H,1-4,9-11,16H2,(H,17,18). The van der Waals surface area contributed by atoms with E-state index < -0.39 is 0 Å². The van der Waals surface area contributed by atoms with E-state index in [4.69, 9.17) is 5.73 Å². The Kier molecular flexibility index (Phi) is 4.62. The summed E-state index contributed by atoms with van der Waals surface area (Å²) in [7, 11) is 0. The zero-order valence-corrected chi connectivity index (χ0v) is 10.8. The fourth-order valence-electron chi connectivity index (χ4n) is 2.60. The van der Waals surface area contributed by atoms with Crippen LogP contribution in [0.1, 0.15) is 37.7 Å². The Morgan fingerprint density at radius 1 is 1.22 bits per heavy atom. The van der Waals surface area contributed by atoms with Crippen LogP contribution < -0.4 is 11.1 Å². The first-order chi connectivity index (χ1) is 8.74. The van der Waals surface area contributed by atoms with Gasteiger partial charge in [0, 0.05) is 12.2 Å². The van der Waals surface area contributed by atoms with Gasteiger partial charge in [0.25, 0.3) is 0 Å². The van der Waals surface area contributed by atoms with Crippen molar-refractivity contribution in [1.82, 2.24) is 5.32 Å². The lowest BCUT2D eigenvalue weighted by Gasteiger charge is -2.09. The molecule has 0 unspecified atom stereocenters. The van der Waals surface area contributed by atoms with Gasteiger partial charge in [-0.3, -0.25) is 4.79 Å². The number of carbonyl (C=O) groups excluding carboxylic acids is 1. The predicted molar refractivity (Wildman–Crippen MR) is 74.1 cm³/mol. The van der Waals surface area contributed by atoms with Gasteiger partial charge in [-0.1, -0.05) is 37.8 Å². The van der Waals surface area contributed by atoms with Crippen LogP contribution in [0, 0.1) is 5.92 Å². The molecule has 3 nitrogen and oxygen atoms in total. The average molecular weight is 246 g/mol. The van der Waals surface area contributed by atoms with Gasteiger partial charge in [0.2, 0.25) is 5.91 Å². The van der Waals surface area contributed by atoms with Gasteiger partial charge in [0.1, 0.15) is 0 Å². The number of hydrogen-bond acceptors (Lipinski definition) is 2. The van der Waals surface area contributed by atoms with Gasteiger partial charge in [-0.05, 0) is 30.0 Å². The SMILES string of the molecule is Nc1ccc(CC(=O)NCCC2CCCC2)cc1. The number of nitrogens with two attached hydrogens (primary N) is 1. The highest BCUT2D eigenvalue weighted by Gasteiger charge is 2.14. The summed E-state index contributed by atoms with van der Waals surface area (Å²) >= 11 is 0. The Hall–Kier alpha value is -1.51. The van der Waals surface area contributed by atoms with Crippen molar-refractivity contribution in [3.8, 4) is 0 Å². The van der Waals surface area contributed by atoms with Crippen LogP contribution in [0.2, 0.25) is 0 Å². The molecule has 0 radical (unpaired) electrons. The fourth-order valence-corrected chi connectivity index (χ4v) is 2.60. The first kappa shape index (κ1) is 12.9. The largest absolute Gasteiger partial charge is 0.399 e. The normalized spacial score (nSPS) is 15.8. The molecule has 1 aliphatic rings. The van der Waals surface area contributed by atoms with E-state index in [2.05, 4.69) is 5.32 Å². The second-order valence-electron chi connectivity index (χ2n) is 5.21. The van der Waals surface area contributed by atoms with Crippen molar-refractivity contribution in [2.24, 2.45) is 5.92 Å². The molecule has 1 aromatic carbocycles. The van der Waals surface area contributed by atoms with Crippen molar-refractivity contribution in [1.29, 1.82) is 0 Å². The first-order valence-electron chi connectivity index (χ1n) is 6.85. The van der Waals surface area contributed by atoms with Crippen LogP contribution >= 0.6 is 0 Å². The predicted octanol–water partition coefficient (Wildman–Crippen LogP) is 2.51. The third-order valence-corrected chi connectivity index (χ3v) is 3.69. The molecule has 0 atom stereocenters. The van der Waals surface area contributed by atoms with Crippen molar-refractivity contribution in [2.75, 3.05) is 12.3 Å². The van der Waals surface area contributed by atoms with Gasteiger partial charge in [-0.2, -0.15) is 0 Å². The summed E-state index contributed by atoms with van der Waals surface area (Å²) in [6, 6.07) is 7.49. The number of carbonyl (C=O) groups is 1. The molecule has 1 aliphatic carbocycles. The summed E-state index contributed by atoms with van der Waals surface area (Å²) in [6.45, 7) is 0.818. The van der Waals surface area contributed by atoms with Crippen LogP contribution in [0.25, 0.3) is 0 Å². The van der Waals surface area contributed by atoms with Crippen molar-refractivity contribution in [2.45, 2.75) is 38.5 Å². The highest BCUT2D eigenvalue weighted by atomic mass is 16.1. The summed E-state index contributed by atoms with van der Waals surface area (Å²) in [4.78, 5) is 11.7. The highest BCUT2D eigenvalue weighted by Crippen LogP contribution is 2.26. The zero-order chi connectivity index (χ0) is 12.8. The molecule has 0 spiro atoms. The molecule has 1 aromatic rings. The van der Waals surface area contributed by atoms with E-state index >= 15 is 0 Å². The summed E-state index contributed by atoms with van der Waals surface area (Å²) < 4.78 is 0. The second-order valence-corrected chi connectivity index (χ2v) is 5.21. The number of benzene rings is 1. The number of rotatable bonds is 5. The lowest BCUT2D eigenvalue weighted by Crippen LogP contribution is -2.27. The Labute approximate surface area is 109 Å². The lowest BCUT2D eigenvalue weighted by atomic mass is 10.0. The van der Waals surface area contributed by atoms with Crippen LogP contribution in [0.15, 0.2) is 24.3 Å². The van der Waals surface area contributed by atoms with Gasteiger partial charge in [-0.25, -0.2) is 0 Å². The minimum absolute atomic E-state index is 0.109. The number of amides is 1. The van der Waals surface area contributed by atoms with E-state index in [0.717, 1.165) is 30.1 Å². The van der Waals surface area contributed by atoms with E-state index in [1.807, 2.05) is 24.3 Å². The number of hydrogen-bond donors (Lipinski definition) is 2. The molecule has 1 fully saturated rings. The Bertz CT molecular complexity index is 380. The summed E-state index contributed by atoms with van der Waals surface area (Å²) in [5.41, 5.74) is 7.36. The van der Waals surface area contributed by atoms with Crippen LogP contribution in [0.3, 0.4) is 0 Å². The second kappa shape index (κ2) is 6.43. The molecule has 0 saturated heterocycles. The average Bonchev–Trinajstić information content (AvgIpc) is 2.85. The molecule has 0 aromatic heterocycles. The number of nitrogen functional groups attached to an aromatic ring is 1. The topological polar surface area (TPSA) is 55.1 Å². The van der Waals surface area contributed by atoms with Gasteiger partial charge in [-0.15, -0.1) is 0 Å². The van der Waals surface area contributed by atoms with E-state index in [1.54, 1.807) is 0 Å². The van der Waals surface area contributed by atoms with E-state index in [0.29, 0.717) is 6.42 Å². The van der Waals surface area contributed by atoms with E-state index in [-0.39, 0.29) is 5.91 Å². The van der Waals surface area contributed by atoms with Gasteiger partial charge in [0.05, 0.1) is 6.42 Å². The monoisotopic (exact) mass is 246 g/mol. The molecule has 2 rings (SSSR count). The first-order valence-corrected chi connectivity index (χ1v) is 6.85. The van der Waals surface area contributed by atoms with Gasteiger partial charge >= 0.3 is 0 Å². The number of nitrogens with one attached hydrogen (secondary N) is 1. The van der Waals surface area contributed by atoms with Crippen LogP contribution in [0.4, 0.5) is 5.69 Å². The van der Waals surface area contributed by atoms with E-state index in [1.165, 1.54) is 25.7 Å². The maximum Gasteiger partial charge on any atom is 0.224 e.